The quantitative estimate of drug-likeness (QED) is 0.146. The van der Waals surface area contributed by atoms with Gasteiger partial charge in [-0.15, -0.1) is 0 Å². The molecule has 1 unspecified atom stereocenters. The predicted molar refractivity (Wildman–Crippen MR) is 179 cm³/mol. The van der Waals surface area contributed by atoms with Crippen molar-refractivity contribution in [1.82, 2.24) is 0 Å². The minimum absolute atomic E-state index is 0.0109. The van der Waals surface area contributed by atoms with Crippen LogP contribution in [0.4, 0.5) is 0 Å². The lowest BCUT2D eigenvalue weighted by molar-refractivity contribution is 0.482. The molecule has 0 aliphatic rings. The van der Waals surface area contributed by atoms with Gasteiger partial charge in [0.05, 0.1) is 26.0 Å². The SMILES string of the molecule is [2H]c1cc(P(Cc2cccc(Oc3cccc(CP(c4c([2H])c([2H])c([2H])c([2H])c4[2H])c4c([2H])c([2H])c([2H])c([2H])c4[2H])c3)c2)c2c([2H])c([2H])c([2H])c([2H])c2[2H])c([2H])c([2H])c1[2H]. The highest BCUT2D eigenvalue weighted by Crippen LogP contribution is 2.40. The molecule has 0 radical (unpaired) electrons. The number of ether oxygens (including phenoxy) is 1. The summed E-state index contributed by atoms with van der Waals surface area (Å²) in [6.07, 6.45) is -0.123. The second-order valence-corrected chi connectivity index (χ2v) is 12.7. The van der Waals surface area contributed by atoms with Crippen LogP contribution in [0, 0.1) is 0 Å². The number of hydrogen-bond donors (Lipinski definition) is 0. The molecular weight excluding hydrogens is 534 g/mol. The molecule has 3 heteroatoms. The Kier molecular flexibility index (Phi) is 4.26. The minimum atomic E-state index is -2.23. The third-order valence-electron chi connectivity index (χ3n) is 5.81. The lowest BCUT2D eigenvalue weighted by atomic mass is 10.2. The fourth-order valence-corrected chi connectivity index (χ4v) is 7.81. The largest absolute Gasteiger partial charge is 0.457 e. The summed E-state index contributed by atoms with van der Waals surface area (Å²) in [6, 6.07) is 3.79. The lowest BCUT2D eigenvalue weighted by Crippen LogP contribution is -2.13. The molecule has 0 aliphatic heterocycles. The molecule has 0 amide bonds. The van der Waals surface area contributed by atoms with Crippen molar-refractivity contribution in [2.75, 3.05) is 0 Å². The highest BCUT2D eigenvalue weighted by molar-refractivity contribution is 7.72. The summed E-state index contributed by atoms with van der Waals surface area (Å²) in [4.78, 5) is 0. The maximum atomic E-state index is 8.72. The Morgan fingerprint density at radius 2 is 0.829 bits per heavy atom. The normalized spacial score (nSPS) is 18.2. The van der Waals surface area contributed by atoms with Gasteiger partial charge in [0.2, 0.25) is 0 Å². The van der Waals surface area contributed by atoms with E-state index < -0.39 is 125 Å². The van der Waals surface area contributed by atoms with E-state index >= 15 is 0 Å². The molecule has 0 fully saturated rings. The Hall–Kier alpha value is -4.02. The molecule has 6 rings (SSSR count). The van der Waals surface area contributed by atoms with Crippen molar-refractivity contribution in [3.05, 3.63) is 181 Å². The van der Waals surface area contributed by atoms with E-state index in [0.717, 1.165) is 0 Å². The average Bonchev–Trinajstić information content (AvgIpc) is 3.22. The molecule has 0 bridgehead atoms. The summed E-state index contributed by atoms with van der Waals surface area (Å²) < 4.78 is 166. The van der Waals surface area contributed by atoms with Crippen molar-refractivity contribution >= 4 is 37.1 Å². The topological polar surface area (TPSA) is 9.23 Å². The maximum absolute atomic E-state index is 8.72. The molecule has 41 heavy (non-hydrogen) atoms. The monoisotopic (exact) mass is 585 g/mol. The van der Waals surface area contributed by atoms with Crippen molar-refractivity contribution in [3.63, 3.8) is 0 Å². The lowest BCUT2D eigenvalue weighted by Gasteiger charge is -2.20. The molecule has 1 atom stereocenters. The van der Waals surface area contributed by atoms with Gasteiger partial charge in [0, 0.05) is 12.3 Å². The Bertz CT molecular complexity index is 2570. The second kappa shape index (κ2) is 13.6. The molecule has 0 aromatic heterocycles. The molecule has 6 aromatic rings. The number of benzene rings is 6. The maximum Gasteiger partial charge on any atom is 0.127 e. The van der Waals surface area contributed by atoms with Gasteiger partial charge in [-0.1, -0.05) is 145 Å². The van der Waals surface area contributed by atoms with E-state index in [1.165, 1.54) is 6.07 Å². The molecular formula is C38H32OP2. The van der Waals surface area contributed by atoms with Gasteiger partial charge in [0.15, 0.2) is 0 Å². The van der Waals surface area contributed by atoms with Gasteiger partial charge in [0.25, 0.3) is 0 Å². The fraction of sp³-hybridized carbons (Fsp3) is 0.0526. The third kappa shape index (κ3) is 7.20. The first-order valence-electron chi connectivity index (χ1n) is 21.9. The van der Waals surface area contributed by atoms with Crippen LogP contribution >= 0.6 is 15.8 Å². The predicted octanol–water partition coefficient (Wildman–Crippen LogP) is 8.74. The van der Waals surface area contributed by atoms with Crippen LogP contribution in [0.15, 0.2) is 169 Å². The van der Waals surface area contributed by atoms with E-state index in [1.807, 2.05) is 0 Å². The van der Waals surface area contributed by atoms with Gasteiger partial charge in [-0.3, -0.25) is 0 Å². The van der Waals surface area contributed by atoms with Crippen molar-refractivity contribution < 1.29 is 30.8 Å². The van der Waals surface area contributed by atoms with Crippen LogP contribution in [0.2, 0.25) is 0 Å². The van der Waals surface area contributed by atoms with Crippen LogP contribution in [0.5, 0.6) is 11.5 Å². The van der Waals surface area contributed by atoms with Crippen LogP contribution in [0.25, 0.3) is 0 Å². The van der Waals surface area contributed by atoms with Crippen LogP contribution in [0.3, 0.4) is 0 Å². The highest BCUT2D eigenvalue weighted by Gasteiger charge is 2.16. The molecule has 0 spiro atoms. The standard InChI is InChI=1S/C38H32OP2/c1-5-19-35(20-6-1)40(36-21-7-2-8-22-36)29-31-15-13-17-33(27-31)39-34-18-14-16-32(28-34)30-41(37-23-9-3-10-24-37)38-25-11-4-12-26-38/h1-28H,29-30H2/i1D,2D,3D,4D,5D,6D,7D,8D,9D,10D,11D,12D,19D,20D,21D,22D,23D,24D,25D. The Balaban J connectivity index is 1.41. The first-order valence-corrected chi connectivity index (χ1v) is 15.4. The average molecular weight is 586 g/mol. The van der Waals surface area contributed by atoms with Gasteiger partial charge >= 0.3 is 0 Å². The van der Waals surface area contributed by atoms with Crippen molar-refractivity contribution in [3.8, 4) is 11.5 Å². The van der Waals surface area contributed by atoms with Crippen LogP contribution < -0.4 is 26.0 Å². The molecule has 0 saturated carbocycles. The van der Waals surface area contributed by atoms with Crippen molar-refractivity contribution in [1.29, 1.82) is 0 Å². The van der Waals surface area contributed by atoms with Gasteiger partial charge in [-0.05, 0) is 72.5 Å². The van der Waals surface area contributed by atoms with Gasteiger partial charge in [-0.25, -0.2) is 0 Å². The van der Waals surface area contributed by atoms with E-state index in [4.69, 9.17) is 30.8 Å². The molecule has 6 aromatic carbocycles. The number of rotatable bonds is 10. The zero-order valence-corrected chi connectivity index (χ0v) is 23.2. The van der Waals surface area contributed by atoms with Crippen LogP contribution in [-0.2, 0) is 12.3 Å². The van der Waals surface area contributed by atoms with E-state index in [9.17, 15) is 0 Å². The fourth-order valence-electron chi connectivity index (χ4n) is 4.02. The zero-order chi connectivity index (χ0) is 44.2. The van der Waals surface area contributed by atoms with Gasteiger partial charge in [0.1, 0.15) is 11.5 Å². The molecule has 0 aliphatic carbocycles. The first-order chi connectivity index (χ1) is 28.2. The summed E-state index contributed by atoms with van der Waals surface area (Å²) >= 11 is 0. The van der Waals surface area contributed by atoms with Crippen LogP contribution in [0.1, 0.15) is 37.2 Å². The highest BCUT2D eigenvalue weighted by atomic mass is 31.1. The van der Waals surface area contributed by atoms with E-state index in [2.05, 4.69) is 0 Å². The Morgan fingerprint density at radius 1 is 0.439 bits per heavy atom. The molecule has 0 N–H and O–H groups in total. The summed E-state index contributed by atoms with van der Waals surface area (Å²) in [5.74, 6) is 0.556. The smallest absolute Gasteiger partial charge is 0.127 e. The minimum Gasteiger partial charge on any atom is -0.457 e. The molecule has 0 heterocycles. The molecule has 0 saturated heterocycles. The first kappa shape index (κ1) is 12.9. The van der Waals surface area contributed by atoms with Gasteiger partial charge < -0.3 is 4.74 Å². The van der Waals surface area contributed by atoms with Crippen LogP contribution in [-0.4, -0.2) is 0 Å². The van der Waals surface area contributed by atoms with Gasteiger partial charge in [-0.2, -0.15) is 0 Å². The van der Waals surface area contributed by atoms with Crippen molar-refractivity contribution in [2.45, 2.75) is 12.3 Å². The summed E-state index contributed by atoms with van der Waals surface area (Å²) in [7, 11) is -4.26. The zero-order valence-electron chi connectivity index (χ0n) is 40.4. The number of hydrogen-bond acceptors (Lipinski definition) is 1. The molecule has 200 valence electrons. The van der Waals surface area contributed by atoms with Crippen molar-refractivity contribution in [2.24, 2.45) is 0 Å². The summed E-state index contributed by atoms with van der Waals surface area (Å²) in [6.45, 7) is 0. The molecule has 1 nitrogen and oxygen atoms in total. The summed E-state index contributed by atoms with van der Waals surface area (Å²) in [5, 5.41) is -0.377. The van der Waals surface area contributed by atoms with E-state index in [1.54, 1.807) is 48.5 Å². The Morgan fingerprint density at radius 3 is 1.29 bits per heavy atom. The van der Waals surface area contributed by atoms with E-state index in [0.29, 0.717) is 11.1 Å². The Labute approximate surface area is 272 Å². The second-order valence-electron chi connectivity index (χ2n) is 8.54. The van der Waals surface area contributed by atoms with E-state index in [-0.39, 0.29) is 51.1 Å². The third-order valence-corrected chi connectivity index (χ3v) is 10.3. The summed E-state index contributed by atoms with van der Waals surface area (Å²) in [5.41, 5.74) is 1.02.